The zero-order valence-electron chi connectivity index (χ0n) is 9.85. The molecule has 0 aromatic heterocycles. The molecule has 19 heavy (non-hydrogen) atoms. The number of halogens is 1. The topological polar surface area (TPSA) is 86.6 Å². The minimum atomic E-state index is -1.35. The SMILES string of the molecule is O=C(NC1(C(=O)O)CCSC1)c1cc(F)ccc1O. The number of carbonyl (C=O) groups is 2. The maximum atomic E-state index is 13.1. The second-order valence-corrected chi connectivity index (χ2v) is 5.41. The zero-order chi connectivity index (χ0) is 14.0. The second kappa shape index (κ2) is 5.08. The predicted octanol–water partition coefficient (Wildman–Crippen LogP) is 1.22. The molecule has 1 saturated heterocycles. The molecule has 1 aliphatic heterocycles. The van der Waals surface area contributed by atoms with Gasteiger partial charge in [0.2, 0.25) is 0 Å². The molecule has 0 radical (unpaired) electrons. The first-order chi connectivity index (χ1) is 8.94. The Balaban J connectivity index is 2.25. The van der Waals surface area contributed by atoms with Crippen LogP contribution >= 0.6 is 11.8 Å². The summed E-state index contributed by atoms with van der Waals surface area (Å²) in [6.45, 7) is 0. The minimum absolute atomic E-state index is 0.254. The summed E-state index contributed by atoms with van der Waals surface area (Å²) in [4.78, 5) is 23.3. The molecule has 0 saturated carbocycles. The van der Waals surface area contributed by atoms with Gasteiger partial charge in [0.1, 0.15) is 17.1 Å². The molecule has 1 aliphatic rings. The van der Waals surface area contributed by atoms with E-state index in [1.807, 2.05) is 0 Å². The van der Waals surface area contributed by atoms with Crippen LogP contribution in [-0.4, -0.2) is 39.1 Å². The summed E-state index contributed by atoms with van der Waals surface area (Å²) >= 11 is 1.42. The van der Waals surface area contributed by atoms with E-state index in [9.17, 15) is 24.2 Å². The second-order valence-electron chi connectivity index (χ2n) is 4.31. The summed E-state index contributed by atoms with van der Waals surface area (Å²) < 4.78 is 13.1. The van der Waals surface area contributed by atoms with Gasteiger partial charge in [-0.25, -0.2) is 9.18 Å². The minimum Gasteiger partial charge on any atom is -0.507 e. The van der Waals surface area contributed by atoms with Gasteiger partial charge in [-0.3, -0.25) is 4.79 Å². The van der Waals surface area contributed by atoms with E-state index in [-0.39, 0.29) is 17.1 Å². The van der Waals surface area contributed by atoms with Crippen molar-refractivity contribution in [3.8, 4) is 5.75 Å². The van der Waals surface area contributed by atoms with Gasteiger partial charge in [0.25, 0.3) is 5.91 Å². The summed E-state index contributed by atoms with van der Waals surface area (Å²) in [6, 6.07) is 2.95. The van der Waals surface area contributed by atoms with Crippen molar-refractivity contribution in [3.05, 3.63) is 29.6 Å². The van der Waals surface area contributed by atoms with E-state index in [1.165, 1.54) is 11.8 Å². The molecule has 1 aromatic rings. The van der Waals surface area contributed by atoms with Crippen LogP contribution in [0.1, 0.15) is 16.8 Å². The monoisotopic (exact) mass is 285 g/mol. The fraction of sp³-hybridized carbons (Fsp3) is 0.333. The van der Waals surface area contributed by atoms with Crippen LogP contribution in [0.4, 0.5) is 4.39 Å². The maximum Gasteiger partial charge on any atom is 0.330 e. The van der Waals surface area contributed by atoms with Crippen molar-refractivity contribution in [1.82, 2.24) is 5.32 Å². The van der Waals surface area contributed by atoms with E-state index >= 15 is 0 Å². The number of thioether (sulfide) groups is 1. The third kappa shape index (κ3) is 2.65. The molecule has 5 nitrogen and oxygen atoms in total. The molecule has 7 heteroatoms. The lowest BCUT2D eigenvalue weighted by atomic mass is 9.98. The van der Waals surface area contributed by atoms with Crippen LogP contribution in [0.25, 0.3) is 0 Å². The number of aliphatic carboxylic acids is 1. The number of hydrogen-bond donors (Lipinski definition) is 3. The average molecular weight is 285 g/mol. The zero-order valence-corrected chi connectivity index (χ0v) is 10.7. The van der Waals surface area contributed by atoms with Gasteiger partial charge in [-0.05, 0) is 30.4 Å². The van der Waals surface area contributed by atoms with E-state index in [4.69, 9.17) is 0 Å². The molecule has 0 spiro atoms. The van der Waals surface area contributed by atoms with Crippen LogP contribution in [0.3, 0.4) is 0 Å². The van der Waals surface area contributed by atoms with Crippen molar-refractivity contribution in [2.45, 2.75) is 12.0 Å². The van der Waals surface area contributed by atoms with E-state index < -0.39 is 23.2 Å². The largest absolute Gasteiger partial charge is 0.507 e. The molecule has 1 heterocycles. The number of phenolic OH excluding ortho intramolecular Hbond substituents is 1. The highest BCUT2D eigenvalue weighted by Gasteiger charge is 2.43. The molecular formula is C12H12FNO4S. The Morgan fingerprint density at radius 3 is 2.74 bits per heavy atom. The van der Waals surface area contributed by atoms with E-state index in [0.717, 1.165) is 18.2 Å². The van der Waals surface area contributed by atoms with E-state index in [2.05, 4.69) is 5.32 Å². The molecule has 2 rings (SSSR count). The van der Waals surface area contributed by atoms with Gasteiger partial charge in [0.15, 0.2) is 0 Å². The highest BCUT2D eigenvalue weighted by molar-refractivity contribution is 7.99. The van der Waals surface area contributed by atoms with Crippen LogP contribution in [0, 0.1) is 5.82 Å². The van der Waals surface area contributed by atoms with Crippen molar-refractivity contribution in [3.63, 3.8) is 0 Å². The van der Waals surface area contributed by atoms with E-state index in [1.54, 1.807) is 0 Å². The number of aromatic hydroxyl groups is 1. The molecule has 3 N–H and O–H groups in total. The molecule has 1 fully saturated rings. The van der Waals surface area contributed by atoms with Crippen molar-refractivity contribution in [2.24, 2.45) is 0 Å². The molecule has 1 aromatic carbocycles. The lowest BCUT2D eigenvalue weighted by molar-refractivity contribution is -0.143. The van der Waals surface area contributed by atoms with Gasteiger partial charge in [-0.1, -0.05) is 0 Å². The summed E-state index contributed by atoms with van der Waals surface area (Å²) in [5.41, 5.74) is -1.61. The van der Waals surface area contributed by atoms with E-state index in [0.29, 0.717) is 12.2 Å². The number of hydrogen-bond acceptors (Lipinski definition) is 4. The van der Waals surface area contributed by atoms with Gasteiger partial charge in [0, 0.05) is 5.75 Å². The average Bonchev–Trinajstić information content (AvgIpc) is 2.82. The third-order valence-corrected chi connectivity index (χ3v) is 4.18. The maximum absolute atomic E-state index is 13.1. The molecule has 1 atom stereocenters. The van der Waals surface area contributed by atoms with Crippen LogP contribution in [0.2, 0.25) is 0 Å². The van der Waals surface area contributed by atoms with Crippen molar-refractivity contribution in [1.29, 1.82) is 0 Å². The number of rotatable bonds is 3. The van der Waals surface area contributed by atoms with Crippen LogP contribution < -0.4 is 5.32 Å². The van der Waals surface area contributed by atoms with Crippen LogP contribution in [-0.2, 0) is 4.79 Å². The van der Waals surface area contributed by atoms with Gasteiger partial charge in [0.05, 0.1) is 5.56 Å². The lowest BCUT2D eigenvalue weighted by Gasteiger charge is -2.24. The Labute approximate surface area is 112 Å². The molecule has 0 aliphatic carbocycles. The highest BCUT2D eigenvalue weighted by atomic mass is 32.2. The van der Waals surface area contributed by atoms with Gasteiger partial charge in [-0.15, -0.1) is 0 Å². The van der Waals surface area contributed by atoms with Crippen molar-refractivity contribution >= 4 is 23.6 Å². The summed E-state index contributed by atoms with van der Waals surface area (Å²) in [7, 11) is 0. The smallest absolute Gasteiger partial charge is 0.330 e. The van der Waals surface area contributed by atoms with Gasteiger partial charge in [-0.2, -0.15) is 11.8 Å². The number of benzene rings is 1. The van der Waals surface area contributed by atoms with Crippen LogP contribution in [0.5, 0.6) is 5.75 Å². The third-order valence-electron chi connectivity index (χ3n) is 2.99. The number of phenols is 1. The summed E-state index contributed by atoms with van der Waals surface area (Å²) in [6.07, 6.45) is 0.300. The predicted molar refractivity (Wildman–Crippen MR) is 67.8 cm³/mol. The molecule has 102 valence electrons. The Kier molecular flexibility index (Phi) is 3.66. The molecular weight excluding hydrogens is 273 g/mol. The fourth-order valence-corrected chi connectivity index (χ4v) is 3.19. The number of amides is 1. The van der Waals surface area contributed by atoms with Gasteiger partial charge < -0.3 is 15.5 Å². The lowest BCUT2D eigenvalue weighted by Crippen LogP contribution is -2.54. The van der Waals surface area contributed by atoms with Crippen molar-refractivity contribution < 1.29 is 24.2 Å². The number of carbonyl (C=O) groups excluding carboxylic acids is 1. The standard InChI is InChI=1S/C12H12FNO4S/c13-7-1-2-9(15)8(5-7)10(16)14-12(11(17)18)3-4-19-6-12/h1-2,5,15H,3-4,6H2,(H,14,16)(H,17,18). The number of carboxylic acids is 1. The molecule has 1 amide bonds. The Morgan fingerprint density at radius 2 is 2.16 bits per heavy atom. The van der Waals surface area contributed by atoms with Crippen LogP contribution in [0.15, 0.2) is 18.2 Å². The Bertz CT molecular complexity index is 528. The number of carboxylic acid groups (broad SMARTS) is 1. The first-order valence-electron chi connectivity index (χ1n) is 5.57. The quantitative estimate of drug-likeness (QED) is 0.777. The molecule has 0 bridgehead atoms. The first kappa shape index (κ1) is 13.7. The highest BCUT2D eigenvalue weighted by Crippen LogP contribution is 2.29. The Morgan fingerprint density at radius 1 is 1.42 bits per heavy atom. The van der Waals surface area contributed by atoms with Gasteiger partial charge >= 0.3 is 5.97 Å². The van der Waals surface area contributed by atoms with Crippen molar-refractivity contribution in [2.75, 3.05) is 11.5 Å². The Hall–Kier alpha value is -1.76. The first-order valence-corrected chi connectivity index (χ1v) is 6.72. The fourth-order valence-electron chi connectivity index (χ4n) is 1.86. The summed E-state index contributed by atoms with van der Waals surface area (Å²) in [5.74, 6) is -2.09. The normalized spacial score (nSPS) is 22.2. The summed E-state index contributed by atoms with van der Waals surface area (Å²) in [5, 5.41) is 21.1. The molecule has 1 unspecified atom stereocenters. The number of nitrogens with one attached hydrogen (secondary N) is 1.